The van der Waals surface area contributed by atoms with Crippen LogP contribution in [0.1, 0.15) is 11.9 Å². The Balaban J connectivity index is 2.56. The molecule has 0 saturated heterocycles. The molecule has 0 radical (unpaired) electrons. The number of aliphatic hydroxyl groups excluding tert-OH is 1. The first kappa shape index (κ1) is 8.49. The molecule has 1 rings (SSSR count). The minimum Gasteiger partial charge on any atom is -0.467 e. The smallest absolute Gasteiger partial charge is 0.133 e. The lowest BCUT2D eigenvalue weighted by Gasteiger charge is -2.03. The van der Waals surface area contributed by atoms with Crippen LogP contribution in [0.4, 0.5) is 0 Å². The van der Waals surface area contributed by atoms with Gasteiger partial charge in [0.15, 0.2) is 0 Å². The molecule has 1 aromatic rings. The van der Waals surface area contributed by atoms with Crippen LogP contribution in [-0.4, -0.2) is 21.3 Å². The highest BCUT2D eigenvalue weighted by atomic mass is 32.2. The lowest BCUT2D eigenvalue weighted by Crippen LogP contribution is -2.06. The summed E-state index contributed by atoms with van der Waals surface area (Å²) in [7, 11) is -0.990. The molecule has 0 saturated carbocycles. The lowest BCUT2D eigenvalue weighted by molar-refractivity contribution is 0.173. The molecule has 1 aromatic heterocycles. The van der Waals surface area contributed by atoms with Gasteiger partial charge in [-0.25, -0.2) is 0 Å². The number of hydrogen-bond donors (Lipinski definition) is 1. The van der Waals surface area contributed by atoms with E-state index in [0.29, 0.717) is 5.76 Å². The Bertz CT molecular complexity index is 230. The molecular formula is C7H10O3S. The van der Waals surface area contributed by atoms with Gasteiger partial charge in [0, 0.05) is 17.1 Å². The van der Waals surface area contributed by atoms with Gasteiger partial charge in [-0.2, -0.15) is 0 Å². The molecular weight excluding hydrogens is 164 g/mol. The first-order valence-corrected chi connectivity index (χ1v) is 4.94. The number of furan rings is 1. The van der Waals surface area contributed by atoms with E-state index in [9.17, 15) is 9.32 Å². The monoisotopic (exact) mass is 174 g/mol. The molecule has 0 fully saturated rings. The average molecular weight is 174 g/mol. The third-order valence-electron chi connectivity index (χ3n) is 1.26. The van der Waals surface area contributed by atoms with Crippen LogP contribution in [0.2, 0.25) is 0 Å². The maximum atomic E-state index is 10.7. The van der Waals surface area contributed by atoms with Crippen molar-refractivity contribution in [2.45, 2.75) is 6.10 Å². The largest absolute Gasteiger partial charge is 0.467 e. The molecule has 0 aliphatic heterocycles. The van der Waals surface area contributed by atoms with E-state index in [0.717, 1.165) is 0 Å². The van der Waals surface area contributed by atoms with Gasteiger partial charge < -0.3 is 9.52 Å². The molecule has 1 unspecified atom stereocenters. The Hall–Kier alpha value is -0.610. The second-order valence-electron chi connectivity index (χ2n) is 2.27. The third kappa shape index (κ3) is 2.48. The minimum atomic E-state index is -0.990. The standard InChI is InChI=1S/C7H10O3S/c1-11(9)5-6(8)7-3-2-4-10-7/h2-4,6,8H,5H2,1H3/t6-,11?/m1/s1. The van der Waals surface area contributed by atoms with Crippen LogP contribution in [0.5, 0.6) is 0 Å². The second-order valence-corrected chi connectivity index (χ2v) is 3.75. The summed E-state index contributed by atoms with van der Waals surface area (Å²) in [6, 6.07) is 3.36. The second kappa shape index (κ2) is 3.69. The summed E-state index contributed by atoms with van der Waals surface area (Å²) in [6.45, 7) is 0. The molecule has 11 heavy (non-hydrogen) atoms. The van der Waals surface area contributed by atoms with Gasteiger partial charge in [0.05, 0.1) is 12.0 Å². The fraction of sp³-hybridized carbons (Fsp3) is 0.429. The van der Waals surface area contributed by atoms with Crippen LogP contribution < -0.4 is 0 Å². The number of aliphatic hydroxyl groups is 1. The molecule has 1 heterocycles. The van der Waals surface area contributed by atoms with Crippen molar-refractivity contribution >= 4 is 10.8 Å². The summed E-state index contributed by atoms with van der Waals surface area (Å²) >= 11 is 0. The Labute approximate surface area is 67.5 Å². The first-order valence-electron chi connectivity index (χ1n) is 3.21. The zero-order valence-corrected chi connectivity index (χ0v) is 7.00. The zero-order chi connectivity index (χ0) is 8.27. The Kier molecular flexibility index (Phi) is 2.84. The summed E-state index contributed by atoms with van der Waals surface area (Å²) in [5.41, 5.74) is 0. The summed E-state index contributed by atoms with van der Waals surface area (Å²) < 4.78 is 15.6. The molecule has 62 valence electrons. The van der Waals surface area contributed by atoms with E-state index in [1.165, 1.54) is 6.26 Å². The zero-order valence-electron chi connectivity index (χ0n) is 6.19. The molecule has 0 bridgehead atoms. The van der Waals surface area contributed by atoms with E-state index < -0.39 is 16.9 Å². The van der Waals surface area contributed by atoms with E-state index in [4.69, 9.17) is 4.42 Å². The topological polar surface area (TPSA) is 50.4 Å². The lowest BCUT2D eigenvalue weighted by atomic mass is 10.3. The van der Waals surface area contributed by atoms with Crippen molar-refractivity contribution in [1.82, 2.24) is 0 Å². The van der Waals surface area contributed by atoms with Gasteiger partial charge in [-0.15, -0.1) is 0 Å². The maximum Gasteiger partial charge on any atom is 0.133 e. The Morgan fingerprint density at radius 3 is 3.00 bits per heavy atom. The predicted molar refractivity (Wildman–Crippen MR) is 42.6 cm³/mol. The van der Waals surface area contributed by atoms with Gasteiger partial charge in [0.1, 0.15) is 11.9 Å². The van der Waals surface area contributed by atoms with Crippen LogP contribution in [-0.2, 0) is 10.8 Å². The minimum absolute atomic E-state index is 0.230. The van der Waals surface area contributed by atoms with Crippen molar-refractivity contribution in [2.75, 3.05) is 12.0 Å². The van der Waals surface area contributed by atoms with Crippen LogP contribution in [0, 0.1) is 0 Å². The van der Waals surface area contributed by atoms with E-state index in [2.05, 4.69) is 0 Å². The molecule has 0 amide bonds. The van der Waals surface area contributed by atoms with Crippen molar-refractivity contribution in [1.29, 1.82) is 0 Å². The van der Waals surface area contributed by atoms with Crippen LogP contribution >= 0.6 is 0 Å². The fourth-order valence-electron chi connectivity index (χ4n) is 0.785. The molecule has 0 aliphatic rings. The van der Waals surface area contributed by atoms with Gasteiger partial charge in [-0.3, -0.25) is 4.21 Å². The normalized spacial score (nSPS) is 16.2. The highest BCUT2D eigenvalue weighted by Gasteiger charge is 2.11. The van der Waals surface area contributed by atoms with Gasteiger partial charge >= 0.3 is 0 Å². The molecule has 1 N–H and O–H groups in total. The quantitative estimate of drug-likeness (QED) is 0.733. The van der Waals surface area contributed by atoms with Crippen molar-refractivity contribution < 1.29 is 13.7 Å². The van der Waals surface area contributed by atoms with E-state index in [-0.39, 0.29) is 5.75 Å². The Morgan fingerprint density at radius 1 is 1.82 bits per heavy atom. The highest BCUT2D eigenvalue weighted by Crippen LogP contribution is 2.13. The first-order chi connectivity index (χ1) is 5.20. The highest BCUT2D eigenvalue weighted by molar-refractivity contribution is 7.84. The number of rotatable bonds is 3. The van der Waals surface area contributed by atoms with Gasteiger partial charge in [0.25, 0.3) is 0 Å². The molecule has 0 aliphatic carbocycles. The molecule has 3 nitrogen and oxygen atoms in total. The summed E-state index contributed by atoms with van der Waals surface area (Å²) in [4.78, 5) is 0. The number of hydrogen-bond acceptors (Lipinski definition) is 3. The van der Waals surface area contributed by atoms with E-state index in [1.807, 2.05) is 0 Å². The molecule has 4 heteroatoms. The SMILES string of the molecule is CS(=O)C[C@@H](O)c1ccco1. The fourth-order valence-corrected chi connectivity index (χ4v) is 1.39. The Morgan fingerprint density at radius 2 is 2.55 bits per heavy atom. The molecule has 2 atom stereocenters. The molecule has 0 spiro atoms. The van der Waals surface area contributed by atoms with Crippen molar-refractivity contribution in [3.05, 3.63) is 24.2 Å². The van der Waals surface area contributed by atoms with Gasteiger partial charge in [-0.05, 0) is 12.1 Å². The van der Waals surface area contributed by atoms with E-state index in [1.54, 1.807) is 18.4 Å². The van der Waals surface area contributed by atoms with Crippen LogP contribution in [0.3, 0.4) is 0 Å². The van der Waals surface area contributed by atoms with E-state index >= 15 is 0 Å². The summed E-state index contributed by atoms with van der Waals surface area (Å²) in [5, 5.41) is 9.29. The average Bonchev–Trinajstić information content (AvgIpc) is 2.35. The third-order valence-corrected chi connectivity index (χ3v) is 2.05. The van der Waals surface area contributed by atoms with Crippen molar-refractivity contribution in [2.24, 2.45) is 0 Å². The van der Waals surface area contributed by atoms with Gasteiger partial charge in [-0.1, -0.05) is 0 Å². The maximum absolute atomic E-state index is 10.7. The van der Waals surface area contributed by atoms with Crippen molar-refractivity contribution in [3.63, 3.8) is 0 Å². The molecule has 0 aromatic carbocycles. The van der Waals surface area contributed by atoms with Gasteiger partial charge in [0.2, 0.25) is 0 Å². The van der Waals surface area contributed by atoms with Crippen molar-refractivity contribution in [3.8, 4) is 0 Å². The predicted octanol–water partition coefficient (Wildman–Crippen LogP) is 0.692. The van der Waals surface area contributed by atoms with Crippen LogP contribution in [0.25, 0.3) is 0 Å². The summed E-state index contributed by atoms with van der Waals surface area (Å²) in [5.74, 6) is 0.702. The summed E-state index contributed by atoms with van der Waals surface area (Å²) in [6.07, 6.45) is 2.29. The van der Waals surface area contributed by atoms with Crippen LogP contribution in [0.15, 0.2) is 22.8 Å².